The molecule has 2 aromatic carbocycles. The highest BCUT2D eigenvalue weighted by atomic mass is 19.4. The first kappa shape index (κ1) is 30.4. The molecule has 0 radical (unpaired) electrons. The van der Waals surface area contributed by atoms with Gasteiger partial charge in [-0.3, -0.25) is 14.4 Å². The van der Waals surface area contributed by atoms with E-state index in [9.17, 15) is 32.3 Å². The molecule has 10 nitrogen and oxygen atoms in total. The highest BCUT2D eigenvalue weighted by molar-refractivity contribution is 5.93. The molecule has 1 aliphatic carbocycles. The van der Waals surface area contributed by atoms with E-state index >= 15 is 0 Å². The summed E-state index contributed by atoms with van der Waals surface area (Å²) < 4.78 is 45.9. The van der Waals surface area contributed by atoms with Gasteiger partial charge >= 0.3 is 12.3 Å². The van der Waals surface area contributed by atoms with Gasteiger partial charge in [-0.2, -0.15) is 13.2 Å². The molecule has 3 atom stereocenters. The Kier molecular flexibility index (Phi) is 10.1. The number of amides is 4. The number of nitrogens with one attached hydrogen (secondary N) is 4. The van der Waals surface area contributed by atoms with Gasteiger partial charge in [0, 0.05) is 5.92 Å². The average molecular weight is 565 g/mol. The normalized spacial score (nSPS) is 14.7. The molecule has 0 heterocycles. The average Bonchev–Trinajstić information content (AvgIpc) is 3.22. The van der Waals surface area contributed by atoms with Gasteiger partial charge in [0.05, 0.1) is 0 Å². The molecule has 0 saturated carbocycles. The number of halogens is 3. The van der Waals surface area contributed by atoms with E-state index in [2.05, 4.69) is 26.0 Å². The molecule has 0 fully saturated rings. The van der Waals surface area contributed by atoms with Crippen molar-refractivity contribution in [3.8, 4) is 11.1 Å². The van der Waals surface area contributed by atoms with Crippen LogP contribution in [0.4, 0.5) is 18.0 Å². The number of benzene rings is 2. The Bertz CT molecular complexity index is 1190. The van der Waals surface area contributed by atoms with E-state index in [1.165, 1.54) is 20.8 Å². The molecule has 0 aromatic heterocycles. The highest BCUT2D eigenvalue weighted by Crippen LogP contribution is 2.44. The van der Waals surface area contributed by atoms with Crippen LogP contribution in [0, 0.1) is 0 Å². The van der Waals surface area contributed by atoms with Gasteiger partial charge in [-0.15, -0.1) is 0 Å². The lowest BCUT2D eigenvalue weighted by molar-refractivity contribution is -0.176. The zero-order valence-corrected chi connectivity index (χ0v) is 22.1. The van der Waals surface area contributed by atoms with Crippen LogP contribution in [0.3, 0.4) is 0 Å². The fourth-order valence-electron chi connectivity index (χ4n) is 4.13. The molecule has 1 aliphatic rings. The van der Waals surface area contributed by atoms with Gasteiger partial charge in [0.25, 0.3) is 0 Å². The van der Waals surface area contributed by atoms with Crippen LogP contribution in [-0.2, 0) is 23.9 Å². The van der Waals surface area contributed by atoms with Crippen molar-refractivity contribution in [1.82, 2.24) is 21.3 Å². The van der Waals surface area contributed by atoms with E-state index in [0.717, 1.165) is 22.3 Å². The van der Waals surface area contributed by atoms with Crippen LogP contribution in [-0.4, -0.2) is 68.1 Å². The van der Waals surface area contributed by atoms with Gasteiger partial charge in [0.15, 0.2) is 0 Å². The Hall–Kier alpha value is -4.13. The largest absolute Gasteiger partial charge is 0.449 e. The van der Waals surface area contributed by atoms with Crippen LogP contribution in [0.2, 0.25) is 0 Å². The second-order valence-corrected chi connectivity index (χ2v) is 9.30. The predicted molar refractivity (Wildman–Crippen MR) is 138 cm³/mol. The zero-order valence-electron chi connectivity index (χ0n) is 22.1. The summed E-state index contributed by atoms with van der Waals surface area (Å²) in [7, 11) is 0. The first-order chi connectivity index (χ1) is 18.9. The fraction of sp³-hybridized carbons (Fsp3) is 0.407. The van der Waals surface area contributed by atoms with E-state index in [4.69, 9.17) is 4.74 Å². The van der Waals surface area contributed by atoms with Crippen molar-refractivity contribution in [1.29, 1.82) is 0 Å². The minimum atomic E-state index is -4.53. The van der Waals surface area contributed by atoms with Crippen LogP contribution < -0.4 is 21.3 Å². The Labute approximate surface area is 229 Å². The monoisotopic (exact) mass is 564 g/mol. The van der Waals surface area contributed by atoms with E-state index in [0.29, 0.717) is 0 Å². The number of hydrogen-bond donors (Lipinski definition) is 4. The van der Waals surface area contributed by atoms with Crippen molar-refractivity contribution in [2.75, 3.05) is 19.9 Å². The molecule has 4 N–H and O–H groups in total. The minimum absolute atomic E-state index is 0.0637. The second kappa shape index (κ2) is 13.3. The van der Waals surface area contributed by atoms with Gasteiger partial charge in [-0.1, -0.05) is 48.5 Å². The summed E-state index contributed by atoms with van der Waals surface area (Å²) in [6.07, 6.45) is -5.34. The second-order valence-electron chi connectivity index (χ2n) is 9.30. The van der Waals surface area contributed by atoms with Crippen LogP contribution in [0.1, 0.15) is 37.8 Å². The summed E-state index contributed by atoms with van der Waals surface area (Å²) in [6, 6.07) is 12.5. The molecule has 0 bridgehead atoms. The smallest absolute Gasteiger partial charge is 0.411 e. The number of carbonyl (C=O) groups excluding carboxylic acids is 4. The van der Waals surface area contributed by atoms with Gasteiger partial charge < -0.3 is 30.7 Å². The van der Waals surface area contributed by atoms with Crippen molar-refractivity contribution in [3.05, 3.63) is 59.7 Å². The molecule has 4 amide bonds. The van der Waals surface area contributed by atoms with Crippen molar-refractivity contribution < 1.29 is 41.8 Å². The summed E-state index contributed by atoms with van der Waals surface area (Å²) >= 11 is 0. The Balaban J connectivity index is 1.42. The maximum atomic E-state index is 12.5. The van der Waals surface area contributed by atoms with Gasteiger partial charge in [-0.25, -0.2) is 4.79 Å². The summed E-state index contributed by atoms with van der Waals surface area (Å²) in [5.41, 5.74) is 4.24. The molecule has 13 heteroatoms. The molecule has 0 spiro atoms. The first-order valence-electron chi connectivity index (χ1n) is 12.5. The fourth-order valence-corrected chi connectivity index (χ4v) is 4.13. The van der Waals surface area contributed by atoms with E-state index in [1.54, 1.807) is 0 Å². The summed E-state index contributed by atoms with van der Waals surface area (Å²) in [5, 5.41) is 9.28. The van der Waals surface area contributed by atoms with Crippen molar-refractivity contribution in [2.45, 2.75) is 51.0 Å². The van der Waals surface area contributed by atoms with E-state index < -0.39 is 61.5 Å². The Morgan fingerprint density at radius 2 is 1.25 bits per heavy atom. The Morgan fingerprint density at radius 3 is 1.77 bits per heavy atom. The first-order valence-corrected chi connectivity index (χ1v) is 12.5. The topological polar surface area (TPSA) is 135 Å². The van der Waals surface area contributed by atoms with Gasteiger partial charge in [-0.05, 0) is 43.0 Å². The number of alkyl carbamates (subject to hydrolysis) is 1. The molecule has 216 valence electrons. The quantitative estimate of drug-likeness (QED) is 0.245. The third kappa shape index (κ3) is 8.18. The van der Waals surface area contributed by atoms with E-state index in [1.807, 2.05) is 48.5 Å². The van der Waals surface area contributed by atoms with Crippen molar-refractivity contribution in [2.24, 2.45) is 0 Å². The SMILES string of the molecule is C[C@H](NC(=O)OCC1c2ccccc2-c2ccccc21)C(=O)N[C@@H](C)C(=O)N[C@@H](C)C(=O)NCOCC(F)(F)F. The lowest BCUT2D eigenvalue weighted by Gasteiger charge is -2.21. The maximum absolute atomic E-state index is 12.5. The van der Waals surface area contributed by atoms with E-state index in [-0.39, 0.29) is 12.5 Å². The van der Waals surface area contributed by atoms with Crippen LogP contribution >= 0.6 is 0 Å². The molecular formula is C27H31F3N4O6. The summed E-state index contributed by atoms with van der Waals surface area (Å²) in [5.74, 6) is -2.32. The highest BCUT2D eigenvalue weighted by Gasteiger charge is 2.30. The zero-order chi connectivity index (χ0) is 29.4. The van der Waals surface area contributed by atoms with Crippen molar-refractivity contribution in [3.63, 3.8) is 0 Å². The molecule has 3 rings (SSSR count). The van der Waals surface area contributed by atoms with Crippen LogP contribution in [0.15, 0.2) is 48.5 Å². The standard InChI is InChI=1S/C27H31F3N4O6/c1-15(23(35)31-14-39-13-27(28,29)30)32-24(36)16(2)33-25(37)17(3)34-26(38)40-12-22-20-10-6-4-8-18(20)19-9-5-7-11-21(19)22/h4-11,15-17,22H,12-14H2,1-3H3,(H,31,35)(H,32,36)(H,33,37)(H,34,38)/t15-,16-,17-/m0/s1. The Morgan fingerprint density at radius 1 is 0.775 bits per heavy atom. The van der Waals surface area contributed by atoms with Gasteiger partial charge in [0.2, 0.25) is 17.7 Å². The molecule has 0 aliphatic heterocycles. The number of carbonyl (C=O) groups is 4. The van der Waals surface area contributed by atoms with Gasteiger partial charge in [0.1, 0.15) is 38.1 Å². The molecule has 0 saturated heterocycles. The lowest BCUT2D eigenvalue weighted by Crippen LogP contribution is -2.54. The minimum Gasteiger partial charge on any atom is -0.449 e. The number of fused-ring (bicyclic) bond motifs is 3. The number of hydrogen-bond acceptors (Lipinski definition) is 6. The molecule has 2 aromatic rings. The number of rotatable bonds is 11. The molecule has 40 heavy (non-hydrogen) atoms. The number of alkyl halides is 3. The van der Waals surface area contributed by atoms with Crippen molar-refractivity contribution >= 4 is 23.8 Å². The van der Waals surface area contributed by atoms with Crippen LogP contribution in [0.5, 0.6) is 0 Å². The summed E-state index contributed by atoms with van der Waals surface area (Å²) in [4.78, 5) is 49.2. The number of ether oxygens (including phenoxy) is 2. The van der Waals surface area contributed by atoms with Crippen LogP contribution in [0.25, 0.3) is 11.1 Å². The lowest BCUT2D eigenvalue weighted by atomic mass is 9.98. The predicted octanol–water partition coefficient (Wildman–Crippen LogP) is 2.58. The molecular weight excluding hydrogens is 533 g/mol. The third-order valence-corrected chi connectivity index (χ3v) is 6.19. The third-order valence-electron chi connectivity index (χ3n) is 6.19. The summed E-state index contributed by atoms with van der Waals surface area (Å²) in [6.45, 7) is 1.94. The maximum Gasteiger partial charge on any atom is 0.411 e. The molecule has 0 unspecified atom stereocenters.